The molecule has 1 unspecified atom stereocenters. The van der Waals surface area contributed by atoms with E-state index in [9.17, 15) is 0 Å². The summed E-state index contributed by atoms with van der Waals surface area (Å²) in [6.07, 6.45) is 11.5. The molecule has 0 spiro atoms. The van der Waals surface area contributed by atoms with Crippen molar-refractivity contribution in [3.05, 3.63) is 60.1 Å². The molecule has 1 radical (unpaired) electrons. The third-order valence-corrected chi connectivity index (χ3v) is 7.18. The standard InChI is InChI=1S/C15H17Si/c1-2-6-13(5-1)9-11-16-12-10-14-7-3-4-8-15(14)16/h1-8,16H,9-12H2. The monoisotopic (exact) mass is 225 g/mol. The van der Waals surface area contributed by atoms with Gasteiger partial charge in [-0.15, -0.1) is 0 Å². The quantitative estimate of drug-likeness (QED) is 0.694. The fourth-order valence-electron chi connectivity index (χ4n) is 2.87. The average molecular weight is 225 g/mol. The maximum absolute atomic E-state index is 2.38. The topological polar surface area (TPSA) is 0 Å². The van der Waals surface area contributed by atoms with E-state index in [1.165, 1.54) is 30.5 Å². The molecule has 0 N–H and O–H groups in total. The molecule has 1 aromatic carbocycles. The van der Waals surface area contributed by atoms with Gasteiger partial charge in [-0.3, -0.25) is 0 Å². The van der Waals surface area contributed by atoms with Gasteiger partial charge < -0.3 is 0 Å². The van der Waals surface area contributed by atoms with Crippen molar-refractivity contribution >= 4 is 14.0 Å². The van der Waals surface area contributed by atoms with E-state index in [0.717, 1.165) is 0 Å². The first kappa shape index (κ1) is 10.1. The van der Waals surface area contributed by atoms with Gasteiger partial charge in [0.25, 0.3) is 0 Å². The number of benzene rings is 1. The molecule has 0 aromatic heterocycles. The smallest absolute Gasteiger partial charge is 0.0718 e. The van der Waals surface area contributed by atoms with E-state index >= 15 is 0 Å². The van der Waals surface area contributed by atoms with Gasteiger partial charge in [-0.05, 0) is 18.4 Å². The fraction of sp³-hybridized carbons (Fsp3) is 0.267. The van der Waals surface area contributed by atoms with Crippen LogP contribution in [0.4, 0.5) is 0 Å². The molecule has 1 atom stereocenters. The molecule has 0 nitrogen and oxygen atoms in total. The van der Waals surface area contributed by atoms with Gasteiger partial charge in [0.05, 0.1) is 8.80 Å². The highest BCUT2D eigenvalue weighted by atomic mass is 28.3. The van der Waals surface area contributed by atoms with E-state index in [-0.39, 0.29) is 0 Å². The van der Waals surface area contributed by atoms with Crippen LogP contribution in [-0.4, -0.2) is 8.80 Å². The third-order valence-electron chi connectivity index (χ3n) is 3.77. The van der Waals surface area contributed by atoms with Crippen LogP contribution in [0.2, 0.25) is 12.1 Å². The summed E-state index contributed by atoms with van der Waals surface area (Å²) in [4.78, 5) is 0. The number of hydrogen-bond donors (Lipinski definition) is 0. The molecule has 1 aliphatic heterocycles. The summed E-state index contributed by atoms with van der Waals surface area (Å²) in [6, 6.07) is 12.0. The molecule has 0 fully saturated rings. The fourth-order valence-corrected chi connectivity index (χ4v) is 6.27. The second kappa shape index (κ2) is 4.42. The predicted octanol–water partition coefficient (Wildman–Crippen LogP) is 2.77. The van der Waals surface area contributed by atoms with Crippen LogP contribution < -0.4 is 5.19 Å². The van der Waals surface area contributed by atoms with Crippen LogP contribution in [0, 0.1) is 6.42 Å². The van der Waals surface area contributed by atoms with Crippen molar-refractivity contribution in [2.24, 2.45) is 0 Å². The van der Waals surface area contributed by atoms with Crippen LogP contribution >= 0.6 is 0 Å². The normalized spacial score (nSPS) is 22.2. The van der Waals surface area contributed by atoms with Crippen molar-refractivity contribution in [2.45, 2.75) is 24.9 Å². The summed E-state index contributed by atoms with van der Waals surface area (Å²) in [5.41, 5.74) is 3.17. The van der Waals surface area contributed by atoms with Crippen molar-refractivity contribution in [3.63, 3.8) is 0 Å². The van der Waals surface area contributed by atoms with Gasteiger partial charge in [0.15, 0.2) is 0 Å². The molecule has 0 saturated heterocycles. The Bertz CT molecular complexity index is 443. The molecule has 1 heterocycles. The van der Waals surface area contributed by atoms with Gasteiger partial charge in [0.2, 0.25) is 0 Å². The molecule has 0 saturated carbocycles. The van der Waals surface area contributed by atoms with Crippen molar-refractivity contribution in [3.8, 4) is 0 Å². The van der Waals surface area contributed by atoms with Crippen molar-refractivity contribution < 1.29 is 0 Å². The van der Waals surface area contributed by atoms with Gasteiger partial charge in [-0.1, -0.05) is 65.3 Å². The Morgan fingerprint density at radius 1 is 1.19 bits per heavy atom. The first-order chi connectivity index (χ1) is 7.93. The summed E-state index contributed by atoms with van der Waals surface area (Å²) in [6.45, 7) is 0. The lowest BCUT2D eigenvalue weighted by molar-refractivity contribution is 1.10. The summed E-state index contributed by atoms with van der Waals surface area (Å²) in [5.74, 6) is 0. The molecule has 0 bridgehead atoms. The van der Waals surface area contributed by atoms with Gasteiger partial charge >= 0.3 is 0 Å². The largest absolute Gasteiger partial charge is 0.0764 e. The molecule has 2 aliphatic rings. The Morgan fingerprint density at radius 3 is 3.00 bits per heavy atom. The minimum absolute atomic E-state index is 0.624. The van der Waals surface area contributed by atoms with E-state index in [1.807, 2.05) is 0 Å². The van der Waals surface area contributed by atoms with E-state index in [2.05, 4.69) is 48.9 Å². The number of allylic oxidation sites excluding steroid dienone is 4. The van der Waals surface area contributed by atoms with Crippen LogP contribution in [0.1, 0.15) is 12.0 Å². The van der Waals surface area contributed by atoms with Gasteiger partial charge in [-0.2, -0.15) is 0 Å². The van der Waals surface area contributed by atoms with Crippen LogP contribution in [0.5, 0.6) is 0 Å². The minimum Gasteiger partial charge on any atom is -0.0764 e. The lowest BCUT2D eigenvalue weighted by Gasteiger charge is -2.09. The minimum atomic E-state index is -0.624. The second-order valence-corrected chi connectivity index (χ2v) is 7.94. The van der Waals surface area contributed by atoms with E-state index in [4.69, 9.17) is 0 Å². The lowest BCUT2D eigenvalue weighted by atomic mass is 10.2. The second-order valence-electron chi connectivity index (χ2n) is 4.77. The lowest BCUT2D eigenvalue weighted by Crippen LogP contribution is -2.25. The van der Waals surface area contributed by atoms with Crippen LogP contribution in [0.15, 0.2) is 48.1 Å². The Labute approximate surface area is 99.3 Å². The molecule has 3 rings (SSSR count). The summed E-state index contributed by atoms with van der Waals surface area (Å²) in [5, 5.41) is 1.74. The molecule has 1 heteroatoms. The molecule has 1 aromatic rings. The molecule has 1 aliphatic carbocycles. The Hall–Kier alpha value is -1.08. The predicted molar refractivity (Wildman–Crippen MR) is 72.7 cm³/mol. The van der Waals surface area contributed by atoms with E-state index < -0.39 is 8.80 Å². The summed E-state index contributed by atoms with van der Waals surface area (Å²) in [7, 11) is -0.624. The highest BCUT2D eigenvalue weighted by molar-refractivity contribution is 6.74. The maximum atomic E-state index is 2.38. The zero-order valence-corrected chi connectivity index (χ0v) is 10.7. The van der Waals surface area contributed by atoms with Crippen molar-refractivity contribution in [1.82, 2.24) is 0 Å². The van der Waals surface area contributed by atoms with Crippen LogP contribution in [0.3, 0.4) is 0 Å². The first-order valence-electron chi connectivity index (χ1n) is 6.22. The SMILES string of the molecule is [CH]1C=CC(CC[SiH]2CCc3ccccc32)=C1. The Balaban J connectivity index is 1.67. The van der Waals surface area contributed by atoms with Gasteiger partial charge in [0, 0.05) is 6.42 Å². The van der Waals surface area contributed by atoms with E-state index in [1.54, 1.807) is 10.8 Å². The Kier molecular flexibility index (Phi) is 2.79. The van der Waals surface area contributed by atoms with Crippen molar-refractivity contribution in [1.29, 1.82) is 0 Å². The maximum Gasteiger partial charge on any atom is 0.0718 e. The van der Waals surface area contributed by atoms with Crippen LogP contribution in [-0.2, 0) is 6.42 Å². The zero-order chi connectivity index (χ0) is 10.8. The van der Waals surface area contributed by atoms with Gasteiger partial charge in [-0.25, -0.2) is 0 Å². The van der Waals surface area contributed by atoms with E-state index in [0.29, 0.717) is 0 Å². The summed E-state index contributed by atoms with van der Waals surface area (Å²) >= 11 is 0. The zero-order valence-electron chi connectivity index (χ0n) is 9.52. The average Bonchev–Trinajstić information content (AvgIpc) is 2.96. The highest BCUT2D eigenvalue weighted by Gasteiger charge is 2.22. The molecule has 81 valence electrons. The highest BCUT2D eigenvalue weighted by Crippen LogP contribution is 2.22. The molecular weight excluding hydrogens is 208 g/mol. The third kappa shape index (κ3) is 1.92. The van der Waals surface area contributed by atoms with Crippen LogP contribution in [0.25, 0.3) is 0 Å². The van der Waals surface area contributed by atoms with Gasteiger partial charge in [0.1, 0.15) is 0 Å². The van der Waals surface area contributed by atoms with Crippen molar-refractivity contribution in [2.75, 3.05) is 0 Å². The number of rotatable bonds is 3. The number of hydrogen-bond acceptors (Lipinski definition) is 0. The molecule has 16 heavy (non-hydrogen) atoms. The first-order valence-corrected chi connectivity index (χ1v) is 8.43. The summed E-state index contributed by atoms with van der Waals surface area (Å²) < 4.78 is 0. The molecular formula is C15H17Si. The Morgan fingerprint density at radius 2 is 2.12 bits per heavy atom. The number of aryl methyl sites for hydroxylation is 1. The molecule has 0 amide bonds. The number of fused-ring (bicyclic) bond motifs is 1.